The molecule has 0 fully saturated rings. The number of nitrogens with zero attached hydrogens (tertiary/aromatic N) is 2. The molecule has 252 valence electrons. The van der Waals surface area contributed by atoms with Gasteiger partial charge in [0.2, 0.25) is 0 Å². The van der Waals surface area contributed by atoms with Crippen molar-refractivity contribution in [2.45, 2.75) is 52.4 Å². The molecule has 0 N–H and O–H groups in total. The van der Waals surface area contributed by atoms with Crippen LogP contribution in [0.4, 0.5) is 0 Å². The molecule has 0 amide bonds. The maximum Gasteiger partial charge on any atom is 0.179 e. The van der Waals surface area contributed by atoms with Crippen LogP contribution in [0.5, 0.6) is 0 Å². The molecule has 0 bridgehead atoms. The molecule has 0 atom stereocenters. The number of benzene rings is 6. The first-order valence-electron chi connectivity index (χ1n) is 23.6. The van der Waals surface area contributed by atoms with Crippen molar-refractivity contribution in [3.63, 3.8) is 0 Å². The molecule has 0 saturated heterocycles. The van der Waals surface area contributed by atoms with Crippen molar-refractivity contribution in [2.24, 2.45) is 0 Å². The Morgan fingerprint density at radius 1 is 0.451 bits per heavy atom. The monoisotopic (exact) mass is 691 g/mol. The zero-order valence-electron chi connectivity index (χ0n) is 42.6. The summed E-state index contributed by atoms with van der Waals surface area (Å²) in [5, 5.41) is 2.50. The molecule has 2 heterocycles. The van der Waals surface area contributed by atoms with Gasteiger partial charge in [0.1, 0.15) is 0 Å². The zero-order chi connectivity index (χ0) is 46.7. The Kier molecular flexibility index (Phi) is 5.14. The van der Waals surface area contributed by atoms with Crippen molar-refractivity contribution < 1.29 is 17.8 Å². The van der Waals surface area contributed by atoms with Crippen LogP contribution in [-0.4, -0.2) is 17.2 Å². The van der Waals surface area contributed by atoms with Gasteiger partial charge in [0, 0.05) is 34.5 Å². The minimum atomic E-state index is -3.97. The van der Waals surface area contributed by atoms with Gasteiger partial charge >= 0.3 is 0 Å². The topological polar surface area (TPSA) is 9.86 Å². The quantitative estimate of drug-likeness (QED) is 0.121. The van der Waals surface area contributed by atoms with Gasteiger partial charge in [0.25, 0.3) is 0 Å². The van der Waals surface area contributed by atoms with Crippen molar-refractivity contribution in [2.75, 3.05) is 0 Å². The maximum atomic E-state index is 10.6. The predicted molar refractivity (Wildman–Crippen MR) is 221 cm³/mol. The highest BCUT2D eigenvalue weighted by Gasteiger charge is 2.42. The summed E-state index contributed by atoms with van der Waals surface area (Å²) in [6, 6.07) is 23.3. The molecule has 0 radical (unpaired) electrons. The maximum absolute atomic E-state index is 10.6. The third-order valence-electron chi connectivity index (χ3n) is 9.40. The predicted octanol–water partition coefficient (Wildman–Crippen LogP) is 9.55. The van der Waals surface area contributed by atoms with Gasteiger partial charge < -0.3 is 9.13 Å². The summed E-state index contributed by atoms with van der Waals surface area (Å²) in [5.41, 5.74) is -2.12. The lowest BCUT2D eigenvalue weighted by molar-refractivity contribution is 0.594. The molecule has 0 aliphatic rings. The number of hydrogen-bond donors (Lipinski definition) is 0. The van der Waals surface area contributed by atoms with Crippen LogP contribution in [0.2, 0.25) is 0 Å². The Morgan fingerprint density at radius 3 is 1.16 bits per heavy atom. The van der Waals surface area contributed by atoms with Gasteiger partial charge in [0.05, 0.1) is 28.9 Å². The van der Waals surface area contributed by atoms with Gasteiger partial charge in [-0.05, 0) is 72.9 Å². The van der Waals surface area contributed by atoms with Crippen molar-refractivity contribution >= 4 is 50.6 Å². The van der Waals surface area contributed by atoms with E-state index in [0.29, 0.717) is 0 Å². The summed E-state index contributed by atoms with van der Waals surface area (Å²) in [4.78, 5) is 0. The summed E-state index contributed by atoms with van der Waals surface area (Å²) in [6.07, 6.45) is -0.587. The van der Waals surface area contributed by atoms with Crippen molar-refractivity contribution in [1.82, 2.24) is 9.13 Å². The number of para-hydroxylation sites is 2. The smallest absolute Gasteiger partial charge is 0.179 e. The minimum Gasteiger partial charge on any atom is -0.316 e. The first kappa shape index (κ1) is 21.1. The van der Waals surface area contributed by atoms with Crippen molar-refractivity contribution in [3.8, 4) is 11.4 Å². The molecule has 0 spiro atoms. The summed E-state index contributed by atoms with van der Waals surface area (Å²) >= 11 is 0. The van der Waals surface area contributed by atoms with Crippen LogP contribution < -0.4 is 20.7 Å². The highest BCUT2D eigenvalue weighted by Crippen LogP contribution is 2.36. The Labute approximate surface area is 321 Å². The van der Waals surface area contributed by atoms with E-state index in [4.69, 9.17) is 5.48 Å². The molecule has 8 rings (SSSR count). The van der Waals surface area contributed by atoms with E-state index in [-0.39, 0.29) is 86.0 Å². The molecule has 3 heteroatoms. The van der Waals surface area contributed by atoms with E-state index in [0.717, 1.165) is 15.6 Å². The largest absolute Gasteiger partial charge is 0.316 e. The van der Waals surface area contributed by atoms with Gasteiger partial charge in [-0.25, -0.2) is 0 Å². The summed E-state index contributed by atoms with van der Waals surface area (Å²) in [5.74, 6) is 0. The molecule has 2 nitrogen and oxygen atoms in total. The average molecular weight is 692 g/mol. The number of rotatable bonds is 6. The van der Waals surface area contributed by atoms with E-state index in [9.17, 15) is 12.3 Å². The molecule has 0 aliphatic carbocycles. The highest BCUT2D eigenvalue weighted by molar-refractivity contribution is 7.20. The van der Waals surface area contributed by atoms with Gasteiger partial charge in [-0.2, -0.15) is 0 Å². The number of hydrogen-bond acceptors (Lipinski definition) is 0. The van der Waals surface area contributed by atoms with E-state index < -0.39 is 61.2 Å². The molecule has 0 aliphatic heterocycles. The first-order chi connectivity index (χ1) is 30.0. The fourth-order valence-corrected chi connectivity index (χ4v) is 11.6. The molecule has 8 aromatic rings. The molecule has 0 unspecified atom stereocenters. The standard InChI is InChI=1S/C48H46N2Si/c1-47(2,3)43-33-49(45-28-18-16-26-41(43)45)35-30-36(50-34-44(48(4,5)6)42-27-17-19-29-46(42)50)32-40(31-35)51(37-20-10-7-11-21-37,38-22-12-8-13-23-38)39-24-14-9-15-25-39/h7-34H,1-6H3/i16D,17D,18D,19D,26D,27D,28D,29D,30D,31D,32D,33D,34D. The van der Waals surface area contributed by atoms with Crippen LogP contribution in [0.3, 0.4) is 0 Å². The van der Waals surface area contributed by atoms with E-state index in [1.807, 2.05) is 133 Å². The van der Waals surface area contributed by atoms with Gasteiger partial charge in [-0.3, -0.25) is 0 Å². The molecular weight excluding hydrogens is 633 g/mol. The van der Waals surface area contributed by atoms with E-state index in [1.165, 1.54) is 9.13 Å². The lowest BCUT2D eigenvalue weighted by Crippen LogP contribution is -2.74. The van der Waals surface area contributed by atoms with Crippen molar-refractivity contribution in [1.29, 1.82) is 0 Å². The molecule has 2 aromatic heterocycles. The molecule has 0 saturated carbocycles. The number of aromatic nitrogens is 2. The van der Waals surface area contributed by atoms with E-state index >= 15 is 0 Å². The van der Waals surface area contributed by atoms with Crippen molar-refractivity contribution in [3.05, 3.63) is 181 Å². The first-order valence-corrected chi connectivity index (χ1v) is 19.1. The van der Waals surface area contributed by atoms with Gasteiger partial charge in [-0.1, -0.05) is 169 Å². The summed E-state index contributed by atoms with van der Waals surface area (Å²) < 4.78 is 126. The van der Waals surface area contributed by atoms with Gasteiger partial charge in [-0.15, -0.1) is 0 Å². The Balaban J connectivity index is 1.76. The molecule has 51 heavy (non-hydrogen) atoms. The van der Waals surface area contributed by atoms with E-state index in [1.54, 1.807) is 0 Å². The highest BCUT2D eigenvalue weighted by atomic mass is 28.3. The Hall–Kier alpha value is -5.38. The Bertz CT molecular complexity index is 2960. The third kappa shape index (κ3) is 5.57. The van der Waals surface area contributed by atoms with Crippen LogP contribution in [0.25, 0.3) is 33.2 Å². The third-order valence-corrected chi connectivity index (χ3v) is 14.0. The summed E-state index contributed by atoms with van der Waals surface area (Å²) in [6.45, 7) is 10.9. The van der Waals surface area contributed by atoms with Crippen LogP contribution in [0, 0.1) is 0 Å². The Morgan fingerprint density at radius 2 is 0.804 bits per heavy atom. The second-order valence-electron chi connectivity index (χ2n) is 14.9. The number of fused-ring (bicyclic) bond motifs is 2. The van der Waals surface area contributed by atoms with Crippen LogP contribution in [0.15, 0.2) is 170 Å². The molecular formula is C48H46N2Si. The van der Waals surface area contributed by atoms with E-state index in [2.05, 4.69) is 0 Å². The average Bonchev–Trinajstić information content (AvgIpc) is 3.74. The molecule has 6 aromatic carbocycles. The minimum absolute atomic E-state index is 0.0507. The van der Waals surface area contributed by atoms with Crippen LogP contribution in [-0.2, 0) is 10.8 Å². The van der Waals surface area contributed by atoms with Gasteiger partial charge in [0.15, 0.2) is 8.07 Å². The lowest BCUT2D eigenvalue weighted by Gasteiger charge is -2.35. The lowest BCUT2D eigenvalue weighted by atomic mass is 9.87. The fourth-order valence-electron chi connectivity index (χ4n) is 7.03. The fraction of sp³-hybridized carbons (Fsp3) is 0.167. The normalized spacial score (nSPS) is 16.1. The van der Waals surface area contributed by atoms with Crippen LogP contribution in [0.1, 0.15) is 70.5 Å². The second-order valence-corrected chi connectivity index (χ2v) is 18.6. The SMILES string of the molecule is [2H]c1c(-n2c([2H])c(C(C)(C)C)c3c([2H])c([2H])c([2H])c([2H])c32)c([2H])c([Si](c2ccccc2)(c2ccccc2)c2ccccc2)c([2H])c1-n1c([2H])c(C(C)(C)C)c2c([2H])c([2H])c([2H])c([2H])c21. The summed E-state index contributed by atoms with van der Waals surface area (Å²) in [7, 11) is -3.97. The van der Waals surface area contributed by atoms with Crippen LogP contribution >= 0.6 is 0 Å². The second kappa shape index (κ2) is 12.4. The zero-order valence-corrected chi connectivity index (χ0v) is 30.6.